The number of amides is 1. The van der Waals surface area contributed by atoms with Gasteiger partial charge in [0.25, 0.3) is 0 Å². The molecule has 126 valence electrons. The van der Waals surface area contributed by atoms with Crippen molar-refractivity contribution in [3.05, 3.63) is 53.7 Å². The molecule has 2 fully saturated rings. The lowest BCUT2D eigenvalue weighted by molar-refractivity contribution is -0.132. The number of pyridine rings is 1. The average Bonchev–Trinajstić information content (AvgIpc) is 3.05. The number of aromatic nitrogens is 1. The normalized spacial score (nSPS) is 25.9. The van der Waals surface area contributed by atoms with Crippen molar-refractivity contribution in [3.8, 4) is 0 Å². The van der Waals surface area contributed by atoms with Gasteiger partial charge >= 0.3 is 0 Å². The molecule has 0 unspecified atom stereocenters. The van der Waals surface area contributed by atoms with E-state index < -0.39 is 0 Å². The monoisotopic (exact) mass is 324 g/mol. The fraction of sp³-hybridized carbons (Fsp3) is 0.500. The van der Waals surface area contributed by atoms with E-state index in [1.54, 1.807) is 6.20 Å². The lowest BCUT2D eigenvalue weighted by Gasteiger charge is -2.24. The van der Waals surface area contributed by atoms with Gasteiger partial charge in [-0.05, 0) is 49.4 Å². The topological polar surface area (TPSA) is 46.3 Å². The van der Waals surface area contributed by atoms with Gasteiger partial charge in [0.2, 0.25) is 5.91 Å². The molecule has 0 aromatic carbocycles. The Kier molecular flexibility index (Phi) is 4.13. The summed E-state index contributed by atoms with van der Waals surface area (Å²) in [5, 5.41) is 0. The van der Waals surface area contributed by atoms with Gasteiger partial charge in [-0.2, -0.15) is 0 Å². The second-order valence-electron chi connectivity index (χ2n) is 7.12. The Morgan fingerprint density at radius 2 is 2.21 bits per heavy atom. The first-order valence-electron chi connectivity index (χ1n) is 9.01. The Bertz CT molecular complexity index is 709. The third-order valence-electron chi connectivity index (χ3n) is 5.34. The molecule has 4 nitrogen and oxygen atoms in total. The molecule has 1 aliphatic carbocycles. The summed E-state index contributed by atoms with van der Waals surface area (Å²) < 4.78 is 5.92. The van der Waals surface area contributed by atoms with Crippen LogP contribution in [0.3, 0.4) is 0 Å². The summed E-state index contributed by atoms with van der Waals surface area (Å²) in [7, 11) is 0. The molecule has 0 N–H and O–H groups in total. The van der Waals surface area contributed by atoms with E-state index in [1.807, 2.05) is 29.2 Å². The molecule has 4 rings (SSSR count). The number of hydrogen-bond acceptors (Lipinski definition) is 3. The molecular weight excluding hydrogens is 300 g/mol. The highest BCUT2D eigenvalue weighted by Gasteiger charge is 2.36. The van der Waals surface area contributed by atoms with Crippen LogP contribution < -0.4 is 0 Å². The standard InChI is InChI=1S/C20H24N2O2/c1-14-13-16(14)19-9-7-15(24-19)8-10-20(23)22-12-4-6-18(22)17-5-2-3-11-21-17/h2-3,5,7,9,11,14,16,18H,4,6,8,10,12-13H2,1H3/t14-,16+,18+/m1/s1. The molecule has 0 bridgehead atoms. The third-order valence-corrected chi connectivity index (χ3v) is 5.34. The summed E-state index contributed by atoms with van der Waals surface area (Å²) in [6.07, 6.45) is 6.29. The highest BCUT2D eigenvalue weighted by atomic mass is 16.3. The molecule has 1 saturated heterocycles. The van der Waals surface area contributed by atoms with Gasteiger partial charge in [-0.15, -0.1) is 0 Å². The second-order valence-corrected chi connectivity index (χ2v) is 7.12. The first-order valence-corrected chi connectivity index (χ1v) is 9.01. The van der Waals surface area contributed by atoms with Crippen molar-refractivity contribution >= 4 is 5.91 Å². The molecule has 3 atom stereocenters. The van der Waals surface area contributed by atoms with Crippen molar-refractivity contribution in [3.63, 3.8) is 0 Å². The largest absolute Gasteiger partial charge is 0.466 e. The fourth-order valence-electron chi connectivity index (χ4n) is 3.77. The Morgan fingerprint density at radius 3 is 2.96 bits per heavy atom. The minimum absolute atomic E-state index is 0.137. The zero-order valence-corrected chi connectivity index (χ0v) is 14.1. The van der Waals surface area contributed by atoms with E-state index in [9.17, 15) is 4.79 Å². The molecule has 1 amide bonds. The number of nitrogens with zero attached hydrogens (tertiary/aromatic N) is 2. The van der Waals surface area contributed by atoms with Crippen molar-refractivity contribution in [2.24, 2.45) is 5.92 Å². The van der Waals surface area contributed by atoms with E-state index in [1.165, 1.54) is 6.42 Å². The van der Waals surface area contributed by atoms with Gasteiger partial charge in [-0.3, -0.25) is 9.78 Å². The van der Waals surface area contributed by atoms with Crippen LogP contribution in [0, 0.1) is 5.92 Å². The number of aryl methyl sites for hydroxylation is 1. The maximum atomic E-state index is 12.7. The van der Waals surface area contributed by atoms with Gasteiger partial charge in [0.15, 0.2) is 0 Å². The Hall–Kier alpha value is -2.10. The molecule has 0 spiro atoms. The zero-order valence-electron chi connectivity index (χ0n) is 14.1. The Labute approximate surface area is 142 Å². The Balaban J connectivity index is 1.36. The quantitative estimate of drug-likeness (QED) is 0.832. The van der Waals surface area contributed by atoms with Crippen molar-refractivity contribution < 1.29 is 9.21 Å². The first-order chi connectivity index (χ1) is 11.7. The van der Waals surface area contributed by atoms with Crippen LogP contribution in [0.5, 0.6) is 0 Å². The minimum Gasteiger partial charge on any atom is -0.466 e. The van der Waals surface area contributed by atoms with E-state index in [2.05, 4.69) is 18.0 Å². The molecule has 24 heavy (non-hydrogen) atoms. The maximum absolute atomic E-state index is 12.7. The summed E-state index contributed by atoms with van der Waals surface area (Å²) >= 11 is 0. The van der Waals surface area contributed by atoms with Crippen LogP contribution in [0.15, 0.2) is 40.9 Å². The van der Waals surface area contributed by atoms with Gasteiger partial charge in [0.05, 0.1) is 11.7 Å². The van der Waals surface area contributed by atoms with E-state index in [0.717, 1.165) is 42.5 Å². The molecule has 4 heteroatoms. The maximum Gasteiger partial charge on any atom is 0.223 e. The highest BCUT2D eigenvalue weighted by molar-refractivity contribution is 5.77. The van der Waals surface area contributed by atoms with Crippen LogP contribution in [-0.2, 0) is 11.2 Å². The van der Waals surface area contributed by atoms with Gasteiger partial charge in [-0.1, -0.05) is 13.0 Å². The highest BCUT2D eigenvalue weighted by Crippen LogP contribution is 2.47. The van der Waals surface area contributed by atoms with Gasteiger partial charge in [0.1, 0.15) is 11.5 Å². The van der Waals surface area contributed by atoms with Crippen LogP contribution >= 0.6 is 0 Å². The summed E-state index contributed by atoms with van der Waals surface area (Å²) in [5.74, 6) is 3.58. The van der Waals surface area contributed by atoms with Crippen molar-refractivity contribution in [1.82, 2.24) is 9.88 Å². The first kappa shape index (κ1) is 15.4. The summed E-state index contributed by atoms with van der Waals surface area (Å²) in [6.45, 7) is 3.09. The Morgan fingerprint density at radius 1 is 1.33 bits per heavy atom. The van der Waals surface area contributed by atoms with Crippen LogP contribution in [0.2, 0.25) is 0 Å². The van der Waals surface area contributed by atoms with Gasteiger partial charge in [-0.25, -0.2) is 0 Å². The molecular formula is C20H24N2O2. The fourth-order valence-corrected chi connectivity index (χ4v) is 3.77. The molecule has 1 saturated carbocycles. The minimum atomic E-state index is 0.137. The smallest absolute Gasteiger partial charge is 0.223 e. The van der Waals surface area contributed by atoms with Crippen molar-refractivity contribution in [1.29, 1.82) is 0 Å². The summed E-state index contributed by atoms with van der Waals surface area (Å²) in [6, 6.07) is 10.2. The summed E-state index contributed by atoms with van der Waals surface area (Å²) in [4.78, 5) is 19.1. The van der Waals surface area contributed by atoms with E-state index >= 15 is 0 Å². The van der Waals surface area contributed by atoms with E-state index in [0.29, 0.717) is 18.8 Å². The van der Waals surface area contributed by atoms with Crippen LogP contribution in [-0.4, -0.2) is 22.3 Å². The van der Waals surface area contributed by atoms with Crippen molar-refractivity contribution in [2.45, 2.75) is 51.0 Å². The van der Waals surface area contributed by atoms with Crippen LogP contribution in [0.4, 0.5) is 0 Å². The third kappa shape index (κ3) is 3.10. The van der Waals surface area contributed by atoms with E-state index in [-0.39, 0.29) is 11.9 Å². The number of rotatable bonds is 5. The lowest BCUT2D eigenvalue weighted by Crippen LogP contribution is -2.31. The number of furan rings is 1. The number of carbonyl (C=O) groups is 1. The number of hydrogen-bond donors (Lipinski definition) is 0. The van der Waals surface area contributed by atoms with Crippen molar-refractivity contribution in [2.75, 3.05) is 6.54 Å². The average molecular weight is 324 g/mol. The number of carbonyl (C=O) groups excluding carboxylic acids is 1. The van der Waals surface area contributed by atoms with Crippen LogP contribution in [0.25, 0.3) is 0 Å². The summed E-state index contributed by atoms with van der Waals surface area (Å²) in [5.41, 5.74) is 1.01. The predicted molar refractivity (Wildman–Crippen MR) is 91.5 cm³/mol. The van der Waals surface area contributed by atoms with E-state index in [4.69, 9.17) is 4.42 Å². The second kappa shape index (κ2) is 6.42. The van der Waals surface area contributed by atoms with Gasteiger partial charge < -0.3 is 9.32 Å². The molecule has 3 heterocycles. The molecule has 2 aromatic rings. The SMILES string of the molecule is C[C@@H]1C[C@@H]1c1ccc(CCC(=O)N2CCC[C@H]2c2ccccn2)o1. The predicted octanol–water partition coefficient (Wildman–Crippen LogP) is 4.09. The zero-order chi connectivity index (χ0) is 16.5. The molecule has 0 radical (unpaired) electrons. The van der Waals surface area contributed by atoms with Crippen LogP contribution in [0.1, 0.15) is 61.8 Å². The number of likely N-dealkylation sites (tertiary alicyclic amines) is 1. The molecule has 2 aliphatic rings. The lowest BCUT2D eigenvalue weighted by atomic mass is 10.1. The molecule has 2 aromatic heterocycles. The van der Waals surface area contributed by atoms with Gasteiger partial charge in [0, 0.05) is 31.5 Å². The molecule has 1 aliphatic heterocycles.